The van der Waals surface area contributed by atoms with E-state index >= 15 is 0 Å². The van der Waals surface area contributed by atoms with E-state index in [0.29, 0.717) is 11.4 Å². The van der Waals surface area contributed by atoms with Gasteiger partial charge in [-0.1, -0.05) is 6.92 Å². The molecule has 0 bridgehead atoms. The molecule has 0 saturated carbocycles. The predicted octanol–water partition coefficient (Wildman–Crippen LogP) is 2.02. The number of aromatic nitrogens is 2. The Labute approximate surface area is 106 Å². The minimum absolute atomic E-state index is 0.0822. The van der Waals surface area contributed by atoms with Gasteiger partial charge in [0.25, 0.3) is 5.91 Å². The van der Waals surface area contributed by atoms with Crippen LogP contribution in [0.25, 0.3) is 10.9 Å². The van der Waals surface area contributed by atoms with Gasteiger partial charge in [0.1, 0.15) is 0 Å². The highest BCUT2D eigenvalue weighted by Crippen LogP contribution is 2.20. The molecule has 5 heteroatoms. The summed E-state index contributed by atoms with van der Waals surface area (Å²) in [5.74, 6) is -0.0822. The van der Waals surface area contributed by atoms with Crippen LogP contribution in [0.3, 0.4) is 0 Å². The molecule has 0 saturated heterocycles. The average Bonchev–Trinajstić information content (AvgIpc) is 2.78. The van der Waals surface area contributed by atoms with Gasteiger partial charge in [-0.2, -0.15) is 5.10 Å². The number of anilines is 1. The molecule has 0 aliphatic rings. The van der Waals surface area contributed by atoms with Crippen LogP contribution >= 0.6 is 0 Å². The van der Waals surface area contributed by atoms with Crippen LogP contribution in [-0.2, 0) is 0 Å². The zero-order chi connectivity index (χ0) is 13.3. The Kier molecular flexibility index (Phi) is 3.23. The maximum Gasteiger partial charge on any atom is 0.274 e. The number of carbonyl (C=O) groups excluding carboxylic acids is 1. The monoisotopic (exact) mass is 246 g/mol. The van der Waals surface area contributed by atoms with Crippen molar-refractivity contribution < 1.29 is 4.79 Å². The third kappa shape index (κ3) is 2.03. The molecule has 1 aromatic carbocycles. The lowest BCUT2D eigenvalue weighted by atomic mass is 10.1. The number of nitrogen functional groups attached to an aromatic ring is 1. The fourth-order valence-electron chi connectivity index (χ4n) is 1.84. The van der Waals surface area contributed by atoms with Crippen LogP contribution in [0, 0.1) is 0 Å². The largest absolute Gasteiger partial charge is 0.399 e. The number of aromatic amines is 1. The summed E-state index contributed by atoms with van der Waals surface area (Å²) in [7, 11) is 1.79. The van der Waals surface area contributed by atoms with Crippen molar-refractivity contribution in [1.29, 1.82) is 0 Å². The lowest BCUT2D eigenvalue weighted by molar-refractivity contribution is 0.0736. The van der Waals surface area contributed by atoms with E-state index in [1.165, 1.54) is 0 Å². The van der Waals surface area contributed by atoms with Crippen molar-refractivity contribution >= 4 is 22.5 Å². The van der Waals surface area contributed by atoms with Gasteiger partial charge in [0.2, 0.25) is 0 Å². The molecular formula is C13H18N4O. The molecule has 1 amide bonds. The van der Waals surface area contributed by atoms with Crippen molar-refractivity contribution in [3.8, 4) is 0 Å². The molecule has 96 valence electrons. The van der Waals surface area contributed by atoms with Crippen molar-refractivity contribution in [2.45, 2.75) is 26.3 Å². The molecule has 2 rings (SSSR count). The van der Waals surface area contributed by atoms with Crippen molar-refractivity contribution in [2.75, 3.05) is 12.8 Å². The van der Waals surface area contributed by atoms with E-state index in [9.17, 15) is 4.79 Å². The highest BCUT2D eigenvalue weighted by Gasteiger charge is 2.21. The molecule has 1 aromatic heterocycles. The number of H-pyrrole nitrogens is 1. The van der Waals surface area contributed by atoms with E-state index in [0.717, 1.165) is 17.3 Å². The van der Waals surface area contributed by atoms with Crippen molar-refractivity contribution in [3.05, 3.63) is 23.9 Å². The molecule has 0 aliphatic heterocycles. The number of fused-ring (bicyclic) bond motifs is 1. The van der Waals surface area contributed by atoms with Gasteiger partial charge >= 0.3 is 0 Å². The summed E-state index contributed by atoms with van der Waals surface area (Å²) in [5.41, 5.74) is 7.63. The lowest BCUT2D eigenvalue weighted by Gasteiger charge is -2.22. The van der Waals surface area contributed by atoms with Gasteiger partial charge in [-0.05, 0) is 31.5 Å². The number of nitrogens with zero attached hydrogens (tertiary/aromatic N) is 2. The Morgan fingerprint density at radius 1 is 1.56 bits per heavy atom. The van der Waals surface area contributed by atoms with Crippen molar-refractivity contribution in [1.82, 2.24) is 15.1 Å². The first-order valence-corrected chi connectivity index (χ1v) is 6.05. The van der Waals surface area contributed by atoms with E-state index in [2.05, 4.69) is 17.1 Å². The van der Waals surface area contributed by atoms with Crippen LogP contribution in [-0.4, -0.2) is 34.1 Å². The molecule has 18 heavy (non-hydrogen) atoms. The fraction of sp³-hybridized carbons (Fsp3) is 0.385. The van der Waals surface area contributed by atoms with Gasteiger partial charge < -0.3 is 10.6 Å². The van der Waals surface area contributed by atoms with Gasteiger partial charge in [0, 0.05) is 24.2 Å². The second kappa shape index (κ2) is 4.68. The van der Waals surface area contributed by atoms with Gasteiger partial charge in [-0.25, -0.2) is 0 Å². The third-order valence-corrected chi connectivity index (χ3v) is 3.36. The van der Waals surface area contributed by atoms with Crippen LogP contribution < -0.4 is 5.73 Å². The number of nitrogens with two attached hydrogens (primary N) is 1. The number of nitrogens with one attached hydrogen (secondary N) is 1. The topological polar surface area (TPSA) is 75.0 Å². The first kappa shape index (κ1) is 12.4. The Balaban J connectivity index is 2.42. The van der Waals surface area contributed by atoms with Crippen molar-refractivity contribution in [3.63, 3.8) is 0 Å². The Bertz CT molecular complexity index is 575. The van der Waals surface area contributed by atoms with Crippen LogP contribution in [0.15, 0.2) is 18.2 Å². The van der Waals surface area contributed by atoms with Gasteiger partial charge in [-0.3, -0.25) is 9.89 Å². The standard InChI is InChI=1S/C13H18N4O/c1-4-8(2)17(3)13(18)12-10-7-9(14)5-6-11(10)15-16-12/h5-8H,4,14H2,1-3H3,(H,15,16). The average molecular weight is 246 g/mol. The number of carbonyl (C=O) groups is 1. The highest BCUT2D eigenvalue weighted by molar-refractivity contribution is 6.05. The van der Waals surface area contributed by atoms with Crippen molar-refractivity contribution in [2.24, 2.45) is 0 Å². The molecule has 0 fully saturated rings. The third-order valence-electron chi connectivity index (χ3n) is 3.36. The van der Waals surface area contributed by atoms with E-state index in [1.54, 1.807) is 24.1 Å². The van der Waals surface area contributed by atoms with Crippen LogP contribution in [0.4, 0.5) is 5.69 Å². The summed E-state index contributed by atoms with van der Waals surface area (Å²) in [6.07, 6.45) is 0.909. The number of benzene rings is 1. The quantitative estimate of drug-likeness (QED) is 0.813. The number of hydrogen-bond acceptors (Lipinski definition) is 3. The van der Waals surface area contributed by atoms with Gasteiger partial charge in [0.05, 0.1) is 5.52 Å². The normalized spacial score (nSPS) is 12.6. The molecule has 2 aromatic rings. The van der Waals surface area contributed by atoms with Crippen LogP contribution in [0.5, 0.6) is 0 Å². The molecule has 1 heterocycles. The van der Waals surface area contributed by atoms with E-state index in [1.807, 2.05) is 13.0 Å². The predicted molar refractivity (Wildman–Crippen MR) is 72.4 cm³/mol. The second-order valence-corrected chi connectivity index (χ2v) is 4.55. The fourth-order valence-corrected chi connectivity index (χ4v) is 1.84. The Hall–Kier alpha value is -2.04. The first-order valence-electron chi connectivity index (χ1n) is 6.05. The molecular weight excluding hydrogens is 228 g/mol. The lowest BCUT2D eigenvalue weighted by Crippen LogP contribution is -2.34. The second-order valence-electron chi connectivity index (χ2n) is 4.55. The molecule has 0 spiro atoms. The molecule has 3 N–H and O–H groups in total. The van der Waals surface area contributed by atoms with Gasteiger partial charge in [0.15, 0.2) is 5.69 Å². The van der Waals surface area contributed by atoms with Gasteiger partial charge in [-0.15, -0.1) is 0 Å². The molecule has 1 unspecified atom stereocenters. The summed E-state index contributed by atoms with van der Waals surface area (Å²) in [4.78, 5) is 14.0. The summed E-state index contributed by atoms with van der Waals surface area (Å²) >= 11 is 0. The molecule has 0 radical (unpaired) electrons. The molecule has 1 atom stereocenters. The summed E-state index contributed by atoms with van der Waals surface area (Å²) in [5, 5.41) is 7.73. The van der Waals surface area contributed by atoms with Crippen LogP contribution in [0.1, 0.15) is 30.8 Å². The zero-order valence-corrected chi connectivity index (χ0v) is 10.9. The minimum atomic E-state index is -0.0822. The number of rotatable bonds is 3. The zero-order valence-electron chi connectivity index (χ0n) is 10.9. The summed E-state index contributed by atoms with van der Waals surface area (Å²) < 4.78 is 0. The number of hydrogen-bond donors (Lipinski definition) is 2. The van der Waals surface area contributed by atoms with E-state index in [4.69, 9.17) is 5.73 Å². The number of amides is 1. The summed E-state index contributed by atoms with van der Waals surface area (Å²) in [6.45, 7) is 4.07. The Morgan fingerprint density at radius 3 is 2.94 bits per heavy atom. The summed E-state index contributed by atoms with van der Waals surface area (Å²) in [6, 6.07) is 5.58. The highest BCUT2D eigenvalue weighted by atomic mass is 16.2. The molecule has 5 nitrogen and oxygen atoms in total. The molecule has 0 aliphatic carbocycles. The Morgan fingerprint density at radius 2 is 2.28 bits per heavy atom. The maximum absolute atomic E-state index is 12.3. The SMILES string of the molecule is CCC(C)N(C)C(=O)c1n[nH]c2ccc(N)cc12. The first-order chi connectivity index (χ1) is 8.54. The minimum Gasteiger partial charge on any atom is -0.399 e. The van der Waals surface area contributed by atoms with E-state index < -0.39 is 0 Å². The van der Waals surface area contributed by atoms with E-state index in [-0.39, 0.29) is 11.9 Å². The maximum atomic E-state index is 12.3. The van der Waals surface area contributed by atoms with Crippen LogP contribution in [0.2, 0.25) is 0 Å². The smallest absolute Gasteiger partial charge is 0.274 e.